The SMILES string of the molecule is Cc1nc(CNC(=NCC(=O)N(C)C)NC2CCOCC2)sc1C. The summed E-state index contributed by atoms with van der Waals surface area (Å²) in [6.07, 6.45) is 1.88. The maximum Gasteiger partial charge on any atom is 0.243 e. The number of thiazole rings is 1. The van der Waals surface area contributed by atoms with E-state index in [9.17, 15) is 4.79 Å². The number of ether oxygens (including phenoxy) is 1. The third-order valence-corrected chi connectivity index (χ3v) is 4.99. The highest BCUT2D eigenvalue weighted by Gasteiger charge is 2.16. The summed E-state index contributed by atoms with van der Waals surface area (Å²) in [4.78, 5) is 23.5. The van der Waals surface area contributed by atoms with Crippen LogP contribution in [0.4, 0.5) is 0 Å². The number of aryl methyl sites for hydroxylation is 2. The molecule has 1 aliphatic rings. The predicted molar refractivity (Wildman–Crippen MR) is 96.4 cm³/mol. The van der Waals surface area contributed by atoms with E-state index in [-0.39, 0.29) is 12.5 Å². The highest BCUT2D eigenvalue weighted by Crippen LogP contribution is 2.16. The van der Waals surface area contributed by atoms with Crippen molar-refractivity contribution < 1.29 is 9.53 Å². The lowest BCUT2D eigenvalue weighted by Crippen LogP contribution is -2.45. The Morgan fingerprint density at radius 3 is 2.67 bits per heavy atom. The maximum absolute atomic E-state index is 11.8. The molecule has 2 N–H and O–H groups in total. The third kappa shape index (κ3) is 5.76. The van der Waals surface area contributed by atoms with Crippen LogP contribution in [-0.2, 0) is 16.1 Å². The molecule has 0 spiro atoms. The molecule has 1 amide bonds. The molecule has 0 atom stereocenters. The summed E-state index contributed by atoms with van der Waals surface area (Å²) >= 11 is 1.68. The van der Waals surface area contributed by atoms with Crippen LogP contribution in [0, 0.1) is 13.8 Å². The Balaban J connectivity index is 1.97. The number of hydrogen-bond donors (Lipinski definition) is 2. The Kier molecular flexibility index (Phi) is 6.99. The molecule has 24 heavy (non-hydrogen) atoms. The van der Waals surface area contributed by atoms with Gasteiger partial charge in [0.15, 0.2) is 5.96 Å². The number of carbonyl (C=O) groups excluding carboxylic acids is 1. The van der Waals surface area contributed by atoms with Crippen molar-refractivity contribution in [1.29, 1.82) is 0 Å². The van der Waals surface area contributed by atoms with Crippen LogP contribution in [0.5, 0.6) is 0 Å². The molecule has 2 heterocycles. The van der Waals surface area contributed by atoms with Gasteiger partial charge in [0.1, 0.15) is 11.6 Å². The van der Waals surface area contributed by atoms with Crippen LogP contribution >= 0.6 is 11.3 Å². The Morgan fingerprint density at radius 2 is 2.08 bits per heavy atom. The quantitative estimate of drug-likeness (QED) is 0.611. The van der Waals surface area contributed by atoms with E-state index < -0.39 is 0 Å². The van der Waals surface area contributed by atoms with Gasteiger partial charge in [0.25, 0.3) is 0 Å². The normalized spacial score (nSPS) is 16.1. The van der Waals surface area contributed by atoms with Gasteiger partial charge in [-0.15, -0.1) is 11.3 Å². The predicted octanol–water partition coefficient (Wildman–Crippen LogP) is 1.06. The summed E-state index contributed by atoms with van der Waals surface area (Å²) in [6.45, 7) is 6.33. The summed E-state index contributed by atoms with van der Waals surface area (Å²) < 4.78 is 5.39. The van der Waals surface area contributed by atoms with E-state index in [1.165, 1.54) is 4.88 Å². The standard InChI is InChI=1S/C16H27N5O2S/c1-11-12(2)24-14(19-11)9-17-16(18-10-15(22)21(3)4)20-13-5-7-23-8-6-13/h13H,5-10H2,1-4H3,(H2,17,18,20). The molecular weight excluding hydrogens is 326 g/mol. The molecule has 1 saturated heterocycles. The van der Waals surface area contributed by atoms with Crippen molar-refractivity contribution in [1.82, 2.24) is 20.5 Å². The van der Waals surface area contributed by atoms with Crippen LogP contribution in [-0.4, -0.2) is 61.6 Å². The molecule has 2 rings (SSSR count). The number of nitrogens with one attached hydrogen (secondary N) is 2. The second kappa shape index (κ2) is 8.98. The third-order valence-electron chi connectivity index (χ3n) is 3.91. The summed E-state index contributed by atoms with van der Waals surface area (Å²) in [5, 5.41) is 7.72. The van der Waals surface area contributed by atoms with Gasteiger partial charge >= 0.3 is 0 Å². The fourth-order valence-corrected chi connectivity index (χ4v) is 3.12. The van der Waals surface area contributed by atoms with E-state index in [1.807, 2.05) is 6.92 Å². The molecule has 1 aromatic rings. The van der Waals surface area contributed by atoms with Crippen molar-refractivity contribution >= 4 is 23.2 Å². The van der Waals surface area contributed by atoms with Crippen molar-refractivity contribution in [2.45, 2.75) is 39.3 Å². The first-order valence-electron chi connectivity index (χ1n) is 8.21. The van der Waals surface area contributed by atoms with Gasteiger partial charge in [-0.1, -0.05) is 0 Å². The van der Waals surface area contributed by atoms with Crippen molar-refractivity contribution in [2.75, 3.05) is 33.9 Å². The first-order chi connectivity index (χ1) is 11.5. The zero-order chi connectivity index (χ0) is 17.5. The second-order valence-electron chi connectivity index (χ2n) is 6.09. The molecule has 0 aromatic carbocycles. The molecule has 8 heteroatoms. The van der Waals surface area contributed by atoms with E-state index in [2.05, 4.69) is 27.5 Å². The molecule has 0 radical (unpaired) electrons. The first kappa shape index (κ1) is 18.7. The molecule has 1 aromatic heterocycles. The minimum atomic E-state index is -0.0241. The van der Waals surface area contributed by atoms with Gasteiger partial charge in [0.2, 0.25) is 5.91 Å². The van der Waals surface area contributed by atoms with E-state index >= 15 is 0 Å². The second-order valence-corrected chi connectivity index (χ2v) is 7.37. The Hall–Kier alpha value is -1.67. The van der Waals surface area contributed by atoms with Crippen LogP contribution in [0.1, 0.15) is 28.4 Å². The van der Waals surface area contributed by atoms with Gasteiger partial charge in [-0.05, 0) is 26.7 Å². The molecule has 0 bridgehead atoms. The number of aromatic nitrogens is 1. The van der Waals surface area contributed by atoms with E-state index in [0.717, 1.165) is 36.8 Å². The van der Waals surface area contributed by atoms with E-state index in [4.69, 9.17) is 4.74 Å². The van der Waals surface area contributed by atoms with Gasteiger partial charge in [-0.2, -0.15) is 0 Å². The number of amides is 1. The average molecular weight is 353 g/mol. The van der Waals surface area contributed by atoms with Crippen LogP contribution in [0.3, 0.4) is 0 Å². The summed E-state index contributed by atoms with van der Waals surface area (Å²) in [5.74, 6) is 0.631. The number of aliphatic imine (C=N–C) groups is 1. The van der Waals surface area contributed by atoms with Crippen LogP contribution in [0.2, 0.25) is 0 Å². The molecule has 1 fully saturated rings. The van der Waals surface area contributed by atoms with Crippen LogP contribution < -0.4 is 10.6 Å². The molecule has 0 saturated carbocycles. The van der Waals surface area contributed by atoms with Crippen LogP contribution in [0.15, 0.2) is 4.99 Å². The van der Waals surface area contributed by atoms with E-state index in [0.29, 0.717) is 18.5 Å². The van der Waals surface area contributed by atoms with E-state index in [1.54, 1.807) is 30.3 Å². The smallest absolute Gasteiger partial charge is 0.243 e. The topological polar surface area (TPSA) is 78.9 Å². The van der Waals surface area contributed by atoms with Crippen molar-refractivity contribution in [3.05, 3.63) is 15.6 Å². The Morgan fingerprint density at radius 1 is 1.38 bits per heavy atom. The fraction of sp³-hybridized carbons (Fsp3) is 0.688. The largest absolute Gasteiger partial charge is 0.381 e. The summed E-state index contributed by atoms with van der Waals surface area (Å²) in [6, 6.07) is 0.319. The molecular formula is C16H27N5O2S. The van der Waals surface area contributed by atoms with Crippen molar-refractivity contribution in [3.8, 4) is 0 Å². The zero-order valence-electron chi connectivity index (χ0n) is 14.9. The fourth-order valence-electron chi connectivity index (χ4n) is 2.25. The molecule has 7 nitrogen and oxygen atoms in total. The number of nitrogens with zero attached hydrogens (tertiary/aromatic N) is 3. The number of carbonyl (C=O) groups is 1. The minimum Gasteiger partial charge on any atom is -0.381 e. The monoisotopic (exact) mass is 353 g/mol. The highest BCUT2D eigenvalue weighted by atomic mass is 32.1. The molecule has 1 aliphatic heterocycles. The number of likely N-dealkylation sites (N-methyl/N-ethyl adjacent to an activating group) is 1. The van der Waals surface area contributed by atoms with Crippen LogP contribution in [0.25, 0.3) is 0 Å². The summed E-state index contributed by atoms with van der Waals surface area (Å²) in [7, 11) is 3.47. The zero-order valence-corrected chi connectivity index (χ0v) is 15.7. The Labute approximate surface area is 147 Å². The lowest BCUT2D eigenvalue weighted by atomic mass is 10.1. The average Bonchev–Trinajstić information content (AvgIpc) is 2.88. The maximum atomic E-state index is 11.8. The number of rotatable bonds is 5. The van der Waals surface area contributed by atoms with Gasteiger partial charge in [0, 0.05) is 38.2 Å². The molecule has 0 unspecified atom stereocenters. The van der Waals surface area contributed by atoms with Gasteiger partial charge in [0.05, 0.1) is 12.2 Å². The first-order valence-corrected chi connectivity index (χ1v) is 9.03. The molecule has 0 aliphatic carbocycles. The minimum absolute atomic E-state index is 0.0241. The number of guanidine groups is 1. The van der Waals surface area contributed by atoms with Gasteiger partial charge in [-0.25, -0.2) is 9.98 Å². The lowest BCUT2D eigenvalue weighted by molar-refractivity contribution is -0.127. The Bertz CT molecular complexity index is 560. The van der Waals surface area contributed by atoms with Gasteiger partial charge in [-0.3, -0.25) is 4.79 Å². The van der Waals surface area contributed by atoms with Crippen molar-refractivity contribution in [2.24, 2.45) is 4.99 Å². The lowest BCUT2D eigenvalue weighted by Gasteiger charge is -2.25. The number of hydrogen-bond acceptors (Lipinski definition) is 5. The summed E-state index contributed by atoms with van der Waals surface area (Å²) in [5.41, 5.74) is 1.07. The van der Waals surface area contributed by atoms with Crippen molar-refractivity contribution in [3.63, 3.8) is 0 Å². The molecule has 134 valence electrons. The highest BCUT2D eigenvalue weighted by molar-refractivity contribution is 7.11. The van der Waals surface area contributed by atoms with Gasteiger partial charge < -0.3 is 20.3 Å².